The Morgan fingerprint density at radius 3 is 2.55 bits per heavy atom. The Labute approximate surface area is 177 Å². The van der Waals surface area contributed by atoms with Crippen LogP contribution in [-0.2, 0) is 15.9 Å². The van der Waals surface area contributed by atoms with Crippen LogP contribution in [0.4, 0.5) is 10.1 Å². The molecule has 1 aliphatic heterocycles. The lowest BCUT2D eigenvalue weighted by molar-refractivity contribution is 0.0252. The van der Waals surface area contributed by atoms with Crippen LogP contribution in [0.1, 0.15) is 48.3 Å². The van der Waals surface area contributed by atoms with Crippen LogP contribution in [0.2, 0.25) is 0 Å². The molecule has 31 heavy (non-hydrogen) atoms. The van der Waals surface area contributed by atoms with Gasteiger partial charge >= 0.3 is 11.9 Å². The molecule has 0 bridgehead atoms. The minimum atomic E-state index is -0.560. The zero-order valence-corrected chi connectivity index (χ0v) is 16.6. The Morgan fingerprint density at radius 1 is 1.03 bits per heavy atom. The monoisotopic (exact) mass is 419 g/mol. The number of carbonyl (C=O) groups is 3. The van der Waals surface area contributed by atoms with Crippen LogP contribution in [0.25, 0.3) is 0 Å². The minimum Gasteiger partial charge on any atom is -0.465 e. The number of rotatable bonds is 4. The summed E-state index contributed by atoms with van der Waals surface area (Å²) in [6.45, 7) is 0. The lowest BCUT2D eigenvalue weighted by Crippen LogP contribution is -2.23. The van der Waals surface area contributed by atoms with Gasteiger partial charge in [-0.25, -0.2) is 14.0 Å². The number of ether oxygens (including phenoxy) is 2. The number of hydrogen-bond donors (Lipinski definition) is 1. The van der Waals surface area contributed by atoms with E-state index in [1.807, 2.05) is 0 Å². The number of esters is 2. The van der Waals surface area contributed by atoms with Gasteiger partial charge in [-0.15, -0.1) is 0 Å². The molecule has 0 unspecified atom stereocenters. The van der Waals surface area contributed by atoms with E-state index in [1.54, 1.807) is 42.5 Å². The second-order valence-corrected chi connectivity index (χ2v) is 7.05. The summed E-state index contributed by atoms with van der Waals surface area (Å²) >= 11 is 0. The lowest BCUT2D eigenvalue weighted by Gasteiger charge is -2.25. The fourth-order valence-corrected chi connectivity index (χ4v) is 3.45. The van der Waals surface area contributed by atoms with Crippen molar-refractivity contribution in [1.29, 1.82) is 0 Å². The van der Waals surface area contributed by atoms with Gasteiger partial charge in [0.05, 0.1) is 18.2 Å². The number of hydrogen-bond acceptors (Lipinski definition) is 5. The highest BCUT2D eigenvalue weighted by atomic mass is 19.1. The van der Waals surface area contributed by atoms with E-state index in [0.29, 0.717) is 39.9 Å². The van der Waals surface area contributed by atoms with E-state index in [-0.39, 0.29) is 11.7 Å². The SMILES string of the molecule is COC(=O)c1cccc(NC(=O)c2ccc3c(c2)C[C@H](c2ccc(F)cc2)OC3=O)c1. The van der Waals surface area contributed by atoms with E-state index in [1.165, 1.54) is 31.4 Å². The molecule has 7 heteroatoms. The molecule has 0 saturated carbocycles. The molecule has 6 nitrogen and oxygen atoms in total. The first-order valence-electron chi connectivity index (χ1n) is 9.53. The second kappa shape index (κ2) is 8.39. The number of methoxy groups -OCH3 is 1. The zero-order valence-electron chi connectivity index (χ0n) is 16.6. The van der Waals surface area contributed by atoms with Gasteiger partial charge < -0.3 is 14.8 Å². The number of cyclic esters (lactones) is 1. The molecule has 0 fully saturated rings. The minimum absolute atomic E-state index is 0.315. The summed E-state index contributed by atoms with van der Waals surface area (Å²) in [5.41, 5.74) is 2.85. The van der Waals surface area contributed by atoms with Crippen molar-refractivity contribution in [3.05, 3.63) is 100 Å². The molecule has 3 aromatic rings. The summed E-state index contributed by atoms with van der Waals surface area (Å²) in [5, 5.41) is 2.74. The summed E-state index contributed by atoms with van der Waals surface area (Å²) in [4.78, 5) is 36.8. The van der Waals surface area contributed by atoms with Gasteiger partial charge in [0.1, 0.15) is 11.9 Å². The molecule has 1 N–H and O–H groups in total. The molecule has 1 atom stereocenters. The molecule has 0 aromatic heterocycles. The number of carbonyl (C=O) groups excluding carboxylic acids is 3. The van der Waals surface area contributed by atoms with Crippen molar-refractivity contribution in [1.82, 2.24) is 0 Å². The molecule has 3 aromatic carbocycles. The van der Waals surface area contributed by atoms with E-state index in [4.69, 9.17) is 4.74 Å². The zero-order chi connectivity index (χ0) is 22.0. The molecule has 0 saturated heterocycles. The van der Waals surface area contributed by atoms with Crippen LogP contribution >= 0.6 is 0 Å². The normalized spacial score (nSPS) is 14.9. The van der Waals surface area contributed by atoms with Crippen LogP contribution in [0.3, 0.4) is 0 Å². The molecule has 1 aliphatic rings. The Hall–Kier alpha value is -4.00. The maximum atomic E-state index is 13.2. The smallest absolute Gasteiger partial charge is 0.339 e. The summed E-state index contributed by atoms with van der Waals surface area (Å²) in [5.74, 6) is -1.76. The Bertz CT molecular complexity index is 1170. The van der Waals surface area contributed by atoms with Crippen molar-refractivity contribution in [2.75, 3.05) is 12.4 Å². The van der Waals surface area contributed by atoms with Gasteiger partial charge in [-0.05, 0) is 59.7 Å². The van der Waals surface area contributed by atoms with Crippen LogP contribution in [0, 0.1) is 5.82 Å². The van der Waals surface area contributed by atoms with Crippen molar-refractivity contribution in [2.45, 2.75) is 12.5 Å². The fraction of sp³-hybridized carbons (Fsp3) is 0.125. The number of nitrogens with one attached hydrogen (secondary N) is 1. The molecule has 4 rings (SSSR count). The van der Waals surface area contributed by atoms with E-state index >= 15 is 0 Å². The molecular formula is C24H18FNO5. The average molecular weight is 419 g/mol. The van der Waals surface area contributed by atoms with E-state index < -0.39 is 18.0 Å². The van der Waals surface area contributed by atoms with Gasteiger partial charge in [-0.2, -0.15) is 0 Å². The van der Waals surface area contributed by atoms with Crippen molar-refractivity contribution in [3.8, 4) is 0 Å². The van der Waals surface area contributed by atoms with Gasteiger partial charge in [0.15, 0.2) is 0 Å². The lowest BCUT2D eigenvalue weighted by atomic mass is 9.93. The van der Waals surface area contributed by atoms with Crippen molar-refractivity contribution >= 4 is 23.5 Å². The number of anilines is 1. The highest BCUT2D eigenvalue weighted by molar-refractivity contribution is 6.06. The number of amides is 1. The second-order valence-electron chi connectivity index (χ2n) is 7.05. The van der Waals surface area contributed by atoms with Crippen molar-refractivity contribution < 1.29 is 28.2 Å². The molecule has 0 spiro atoms. The maximum absolute atomic E-state index is 13.2. The predicted molar refractivity (Wildman–Crippen MR) is 110 cm³/mol. The number of benzene rings is 3. The highest BCUT2D eigenvalue weighted by Gasteiger charge is 2.28. The fourth-order valence-electron chi connectivity index (χ4n) is 3.45. The summed E-state index contributed by atoms with van der Waals surface area (Å²) in [6.07, 6.45) is -0.193. The summed E-state index contributed by atoms with van der Waals surface area (Å²) in [7, 11) is 1.28. The number of fused-ring (bicyclic) bond motifs is 1. The van der Waals surface area contributed by atoms with E-state index in [2.05, 4.69) is 10.1 Å². The standard InChI is InChI=1S/C24H18FNO5/c1-30-23(28)16-3-2-4-19(12-16)26-22(27)15-7-10-20-17(11-15)13-21(31-24(20)29)14-5-8-18(25)9-6-14/h2-12,21H,13H2,1H3,(H,26,27)/t21-/m1/s1. The van der Waals surface area contributed by atoms with Crippen molar-refractivity contribution in [2.24, 2.45) is 0 Å². The molecule has 0 aliphatic carbocycles. The average Bonchev–Trinajstić information content (AvgIpc) is 2.78. The largest absolute Gasteiger partial charge is 0.465 e. The first-order valence-corrected chi connectivity index (χ1v) is 9.53. The maximum Gasteiger partial charge on any atom is 0.339 e. The summed E-state index contributed by atoms with van der Waals surface area (Å²) < 4.78 is 23.4. The molecule has 1 heterocycles. The Balaban J connectivity index is 1.56. The Kier molecular flexibility index (Phi) is 5.49. The first-order chi connectivity index (χ1) is 14.9. The van der Waals surface area contributed by atoms with Gasteiger partial charge in [-0.1, -0.05) is 18.2 Å². The molecule has 0 radical (unpaired) electrons. The Morgan fingerprint density at radius 2 is 1.81 bits per heavy atom. The first kappa shape index (κ1) is 20.3. The molecular weight excluding hydrogens is 401 g/mol. The number of halogens is 1. The van der Waals surface area contributed by atoms with E-state index in [0.717, 1.165) is 0 Å². The van der Waals surface area contributed by atoms with Crippen LogP contribution in [-0.4, -0.2) is 25.0 Å². The summed E-state index contributed by atoms with van der Waals surface area (Å²) in [6, 6.07) is 16.9. The third-order valence-corrected chi connectivity index (χ3v) is 5.03. The molecule has 1 amide bonds. The third kappa shape index (κ3) is 4.30. The predicted octanol–water partition coefficient (Wildman–Crippen LogP) is 4.32. The highest BCUT2D eigenvalue weighted by Crippen LogP contribution is 2.31. The van der Waals surface area contributed by atoms with Gasteiger partial charge in [0.2, 0.25) is 0 Å². The van der Waals surface area contributed by atoms with Crippen LogP contribution < -0.4 is 5.32 Å². The topological polar surface area (TPSA) is 81.7 Å². The van der Waals surface area contributed by atoms with Gasteiger partial charge in [-0.3, -0.25) is 4.79 Å². The van der Waals surface area contributed by atoms with Crippen LogP contribution in [0.15, 0.2) is 66.7 Å². The van der Waals surface area contributed by atoms with Crippen molar-refractivity contribution in [3.63, 3.8) is 0 Å². The van der Waals surface area contributed by atoms with Gasteiger partial charge in [0.25, 0.3) is 5.91 Å². The molecule has 156 valence electrons. The van der Waals surface area contributed by atoms with Gasteiger partial charge in [0, 0.05) is 17.7 Å². The van der Waals surface area contributed by atoms with Crippen LogP contribution in [0.5, 0.6) is 0 Å². The third-order valence-electron chi connectivity index (χ3n) is 5.03. The quantitative estimate of drug-likeness (QED) is 0.637. The van der Waals surface area contributed by atoms with E-state index in [9.17, 15) is 18.8 Å².